The van der Waals surface area contributed by atoms with Crippen LogP contribution in [0.15, 0.2) is 24.3 Å². The number of hydrogen-bond acceptors (Lipinski definition) is 3. The number of hydrogen-bond donors (Lipinski definition) is 0. The van der Waals surface area contributed by atoms with Gasteiger partial charge in [0, 0.05) is 31.7 Å². The molecule has 1 unspecified atom stereocenters. The van der Waals surface area contributed by atoms with Gasteiger partial charge in [0.2, 0.25) is 0 Å². The maximum Gasteiger partial charge on any atom is 0.128 e. The van der Waals surface area contributed by atoms with Gasteiger partial charge in [-0.05, 0) is 39.2 Å². The molecule has 3 nitrogen and oxygen atoms in total. The summed E-state index contributed by atoms with van der Waals surface area (Å²) in [6.07, 6.45) is 1.15. The lowest BCUT2D eigenvalue weighted by molar-refractivity contribution is 0.145. The van der Waals surface area contributed by atoms with Crippen LogP contribution in [0.25, 0.3) is 0 Å². The van der Waals surface area contributed by atoms with E-state index in [0.717, 1.165) is 57.8 Å². The minimum Gasteiger partial charge on any atom is -0.305 e. The summed E-state index contributed by atoms with van der Waals surface area (Å²) >= 11 is 0. The van der Waals surface area contributed by atoms with Gasteiger partial charge in [0.1, 0.15) is 5.82 Å². The molecule has 1 aromatic rings. The van der Waals surface area contributed by atoms with E-state index < -0.39 is 0 Å². The molecular weight excluding hydrogens is 277 g/mol. The third-order valence-electron chi connectivity index (χ3n) is 4.78. The maximum atomic E-state index is 14.4. The van der Waals surface area contributed by atoms with Crippen molar-refractivity contribution in [2.75, 3.05) is 52.9 Å². The maximum absolute atomic E-state index is 14.4. The van der Waals surface area contributed by atoms with Gasteiger partial charge in [-0.15, -0.1) is 0 Å². The monoisotopic (exact) mass is 307 g/mol. The van der Waals surface area contributed by atoms with E-state index in [-0.39, 0.29) is 11.9 Å². The molecule has 4 heteroatoms. The van der Waals surface area contributed by atoms with Crippen LogP contribution in [0.1, 0.15) is 31.9 Å². The molecule has 124 valence electrons. The van der Waals surface area contributed by atoms with Crippen LogP contribution in [0, 0.1) is 5.82 Å². The molecule has 1 atom stereocenters. The molecule has 0 aliphatic carbocycles. The normalized spacial score (nSPS) is 19.3. The summed E-state index contributed by atoms with van der Waals surface area (Å²) in [5, 5.41) is 0. The first-order valence-corrected chi connectivity index (χ1v) is 8.55. The molecule has 22 heavy (non-hydrogen) atoms. The molecule has 0 aromatic heterocycles. The van der Waals surface area contributed by atoms with Crippen molar-refractivity contribution in [3.8, 4) is 0 Å². The molecule has 0 amide bonds. The van der Waals surface area contributed by atoms with Gasteiger partial charge in [-0.25, -0.2) is 4.39 Å². The summed E-state index contributed by atoms with van der Waals surface area (Å²) in [5.41, 5.74) is 0.846. The summed E-state index contributed by atoms with van der Waals surface area (Å²) < 4.78 is 14.4. The van der Waals surface area contributed by atoms with Crippen LogP contribution < -0.4 is 0 Å². The van der Waals surface area contributed by atoms with Gasteiger partial charge in [-0.3, -0.25) is 4.90 Å². The Balaban J connectivity index is 2.22. The van der Waals surface area contributed by atoms with E-state index >= 15 is 0 Å². The minimum absolute atomic E-state index is 0.0720. The molecule has 1 fully saturated rings. The zero-order valence-electron chi connectivity index (χ0n) is 14.3. The van der Waals surface area contributed by atoms with Crippen LogP contribution in [-0.4, -0.2) is 67.6 Å². The molecule has 2 rings (SSSR count). The van der Waals surface area contributed by atoms with Gasteiger partial charge in [-0.2, -0.15) is 0 Å². The Morgan fingerprint density at radius 1 is 1.09 bits per heavy atom. The summed E-state index contributed by atoms with van der Waals surface area (Å²) in [6.45, 7) is 11.5. The van der Waals surface area contributed by atoms with Crippen LogP contribution in [-0.2, 0) is 0 Å². The Bertz CT molecular complexity index is 448. The topological polar surface area (TPSA) is 9.72 Å². The van der Waals surface area contributed by atoms with Crippen molar-refractivity contribution in [2.24, 2.45) is 0 Å². The van der Waals surface area contributed by atoms with Crippen molar-refractivity contribution >= 4 is 0 Å². The fourth-order valence-electron chi connectivity index (χ4n) is 3.26. The van der Waals surface area contributed by atoms with Crippen LogP contribution in [0.4, 0.5) is 4.39 Å². The molecule has 0 spiro atoms. The Labute approximate surface area is 134 Å². The van der Waals surface area contributed by atoms with Gasteiger partial charge in [0.15, 0.2) is 0 Å². The van der Waals surface area contributed by atoms with Crippen LogP contribution in [0.5, 0.6) is 0 Å². The van der Waals surface area contributed by atoms with E-state index in [9.17, 15) is 4.39 Å². The summed E-state index contributed by atoms with van der Waals surface area (Å²) in [6, 6.07) is 7.43. The van der Waals surface area contributed by atoms with Gasteiger partial charge in [0.05, 0.1) is 6.04 Å². The van der Waals surface area contributed by atoms with Crippen LogP contribution >= 0.6 is 0 Å². The Morgan fingerprint density at radius 2 is 1.82 bits per heavy atom. The second-order valence-electron chi connectivity index (χ2n) is 6.22. The minimum atomic E-state index is -0.0720. The first-order valence-electron chi connectivity index (χ1n) is 8.55. The van der Waals surface area contributed by atoms with Gasteiger partial charge in [-0.1, -0.05) is 32.0 Å². The Morgan fingerprint density at radius 3 is 2.50 bits per heavy atom. The number of rotatable bonds is 6. The number of benzene rings is 1. The van der Waals surface area contributed by atoms with E-state index in [1.54, 1.807) is 12.1 Å². The lowest BCUT2D eigenvalue weighted by Gasteiger charge is -2.34. The van der Waals surface area contributed by atoms with Crippen molar-refractivity contribution < 1.29 is 4.39 Å². The van der Waals surface area contributed by atoms with E-state index in [1.807, 2.05) is 12.1 Å². The number of likely N-dealkylation sites (N-methyl/N-ethyl adjacent to an activating group) is 2. The molecular formula is C18H30FN3. The first-order chi connectivity index (χ1) is 10.7. The van der Waals surface area contributed by atoms with E-state index in [0.29, 0.717) is 0 Å². The van der Waals surface area contributed by atoms with Crippen LogP contribution in [0.3, 0.4) is 0 Å². The molecule has 1 saturated heterocycles. The lowest BCUT2D eigenvalue weighted by atomic mass is 10.0. The third kappa shape index (κ3) is 4.51. The molecule has 0 saturated carbocycles. The molecule has 1 aliphatic heterocycles. The highest BCUT2D eigenvalue weighted by atomic mass is 19.1. The quantitative estimate of drug-likeness (QED) is 0.800. The Hall–Kier alpha value is -0.970. The van der Waals surface area contributed by atoms with Crippen LogP contribution in [0.2, 0.25) is 0 Å². The highest BCUT2D eigenvalue weighted by molar-refractivity contribution is 5.22. The molecule has 0 radical (unpaired) electrons. The highest BCUT2D eigenvalue weighted by Crippen LogP contribution is 2.25. The standard InChI is InChI=1S/C18H30FN3/c1-4-21(5-2)15-18(16-9-6-7-10-17(16)19)22-12-8-11-20(3)13-14-22/h6-7,9-10,18H,4-5,8,11-15H2,1-3H3. The number of halogens is 1. The van der Waals surface area contributed by atoms with Gasteiger partial charge >= 0.3 is 0 Å². The second kappa shape index (κ2) is 8.61. The zero-order chi connectivity index (χ0) is 15.9. The number of nitrogens with zero attached hydrogens (tertiary/aromatic N) is 3. The molecule has 1 heterocycles. The second-order valence-corrected chi connectivity index (χ2v) is 6.22. The van der Waals surface area contributed by atoms with E-state index in [2.05, 4.69) is 35.6 Å². The fraction of sp³-hybridized carbons (Fsp3) is 0.667. The molecule has 1 aliphatic rings. The smallest absolute Gasteiger partial charge is 0.128 e. The molecule has 0 bridgehead atoms. The van der Waals surface area contributed by atoms with Crippen molar-refractivity contribution in [3.05, 3.63) is 35.6 Å². The molecule has 1 aromatic carbocycles. The zero-order valence-corrected chi connectivity index (χ0v) is 14.3. The lowest BCUT2D eigenvalue weighted by Crippen LogP contribution is -2.40. The van der Waals surface area contributed by atoms with Gasteiger partial charge in [0.25, 0.3) is 0 Å². The van der Waals surface area contributed by atoms with Crippen molar-refractivity contribution in [1.29, 1.82) is 0 Å². The summed E-state index contributed by atoms with van der Waals surface area (Å²) in [7, 11) is 2.17. The molecule has 0 N–H and O–H groups in total. The largest absolute Gasteiger partial charge is 0.305 e. The highest BCUT2D eigenvalue weighted by Gasteiger charge is 2.26. The fourth-order valence-corrected chi connectivity index (χ4v) is 3.26. The predicted octanol–water partition coefficient (Wildman–Crippen LogP) is 2.85. The predicted molar refractivity (Wildman–Crippen MR) is 90.6 cm³/mol. The average molecular weight is 307 g/mol. The summed E-state index contributed by atoms with van der Waals surface area (Å²) in [4.78, 5) is 7.24. The average Bonchev–Trinajstić information content (AvgIpc) is 2.74. The third-order valence-corrected chi connectivity index (χ3v) is 4.78. The van der Waals surface area contributed by atoms with Crippen molar-refractivity contribution in [2.45, 2.75) is 26.3 Å². The van der Waals surface area contributed by atoms with Gasteiger partial charge < -0.3 is 9.80 Å². The van der Waals surface area contributed by atoms with E-state index in [1.165, 1.54) is 0 Å². The van der Waals surface area contributed by atoms with Crippen molar-refractivity contribution in [1.82, 2.24) is 14.7 Å². The van der Waals surface area contributed by atoms with Crippen molar-refractivity contribution in [3.63, 3.8) is 0 Å². The summed E-state index contributed by atoms with van der Waals surface area (Å²) in [5.74, 6) is -0.0720. The first kappa shape index (κ1) is 17.4. The van der Waals surface area contributed by atoms with E-state index in [4.69, 9.17) is 0 Å². The SMILES string of the molecule is CCN(CC)CC(c1ccccc1F)N1CCCN(C)CC1. The Kier molecular flexibility index (Phi) is 6.80.